The fourth-order valence-corrected chi connectivity index (χ4v) is 4.21. The minimum absolute atomic E-state index is 0.0102. The zero-order valence-electron chi connectivity index (χ0n) is 18.2. The molecule has 2 aliphatic rings. The maximum absolute atomic E-state index is 12.7. The second kappa shape index (κ2) is 9.92. The van der Waals surface area contributed by atoms with E-state index in [2.05, 4.69) is 22.3 Å². The molecule has 31 heavy (non-hydrogen) atoms. The van der Waals surface area contributed by atoms with Crippen molar-refractivity contribution in [2.24, 2.45) is 0 Å². The van der Waals surface area contributed by atoms with Gasteiger partial charge >= 0.3 is 0 Å². The Morgan fingerprint density at radius 1 is 1.03 bits per heavy atom. The van der Waals surface area contributed by atoms with Crippen LogP contribution in [0.15, 0.2) is 36.4 Å². The molecule has 2 aromatic carbocycles. The first kappa shape index (κ1) is 21.3. The molecule has 0 radical (unpaired) electrons. The van der Waals surface area contributed by atoms with Crippen LogP contribution in [0, 0.1) is 0 Å². The molecule has 1 amide bonds. The van der Waals surface area contributed by atoms with Crippen LogP contribution in [-0.2, 0) is 11.3 Å². The second-order valence-corrected chi connectivity index (χ2v) is 7.85. The number of hydrogen-bond acceptors (Lipinski definition) is 6. The van der Waals surface area contributed by atoms with Crippen LogP contribution in [0.1, 0.15) is 36.4 Å². The molecule has 0 saturated carbocycles. The molecule has 7 heteroatoms. The van der Waals surface area contributed by atoms with E-state index in [9.17, 15) is 4.79 Å². The van der Waals surface area contributed by atoms with Gasteiger partial charge in [-0.2, -0.15) is 0 Å². The smallest absolute Gasteiger partial charge is 0.234 e. The van der Waals surface area contributed by atoms with Gasteiger partial charge in [-0.15, -0.1) is 0 Å². The molecule has 0 bridgehead atoms. The topological polar surface area (TPSA) is 69.3 Å². The Bertz CT molecular complexity index is 917. The van der Waals surface area contributed by atoms with Crippen molar-refractivity contribution < 1.29 is 23.7 Å². The lowest BCUT2D eigenvalue weighted by Gasteiger charge is -2.25. The highest BCUT2D eigenvalue weighted by Crippen LogP contribution is 2.37. The third kappa shape index (κ3) is 5.05. The van der Waals surface area contributed by atoms with E-state index in [1.807, 2.05) is 24.3 Å². The van der Waals surface area contributed by atoms with Crippen LogP contribution in [0.2, 0.25) is 0 Å². The summed E-state index contributed by atoms with van der Waals surface area (Å²) >= 11 is 0. The molecule has 1 atom stereocenters. The predicted molar refractivity (Wildman–Crippen MR) is 117 cm³/mol. The third-order valence-electron chi connectivity index (χ3n) is 5.80. The molecule has 4 rings (SSSR count). The summed E-state index contributed by atoms with van der Waals surface area (Å²) in [5.74, 6) is 2.95. The summed E-state index contributed by atoms with van der Waals surface area (Å²) in [5, 5.41) is 3.02. The van der Waals surface area contributed by atoms with Crippen molar-refractivity contribution in [2.45, 2.75) is 31.8 Å². The number of amides is 1. The van der Waals surface area contributed by atoms with Gasteiger partial charge in [-0.25, -0.2) is 0 Å². The monoisotopic (exact) mass is 426 g/mol. The Labute approximate surface area is 183 Å². The van der Waals surface area contributed by atoms with Crippen molar-refractivity contribution in [3.05, 3.63) is 47.5 Å². The van der Waals surface area contributed by atoms with Crippen LogP contribution in [0.4, 0.5) is 0 Å². The summed E-state index contributed by atoms with van der Waals surface area (Å²) in [6.07, 6.45) is 2.99. The fraction of sp³-hybridized carbons (Fsp3) is 0.458. The molecule has 0 aromatic heterocycles. The van der Waals surface area contributed by atoms with E-state index in [1.165, 1.54) is 5.56 Å². The molecule has 0 spiro atoms. The molecule has 0 unspecified atom stereocenters. The van der Waals surface area contributed by atoms with Crippen molar-refractivity contribution in [3.8, 4) is 23.0 Å². The van der Waals surface area contributed by atoms with Crippen molar-refractivity contribution in [1.29, 1.82) is 0 Å². The van der Waals surface area contributed by atoms with Gasteiger partial charge in [0.05, 0.1) is 34.0 Å². The Morgan fingerprint density at radius 3 is 2.65 bits per heavy atom. The van der Waals surface area contributed by atoms with Crippen LogP contribution < -0.4 is 24.3 Å². The Hall–Kier alpha value is -2.93. The number of carbonyl (C=O) groups excluding carboxylic acids is 1. The number of fused-ring (bicyclic) bond motifs is 1. The van der Waals surface area contributed by atoms with Crippen LogP contribution in [0.3, 0.4) is 0 Å². The van der Waals surface area contributed by atoms with E-state index in [0.29, 0.717) is 37.8 Å². The minimum Gasteiger partial charge on any atom is -0.493 e. The van der Waals surface area contributed by atoms with Gasteiger partial charge in [0, 0.05) is 19.0 Å². The van der Waals surface area contributed by atoms with Gasteiger partial charge in [-0.1, -0.05) is 12.1 Å². The summed E-state index contributed by atoms with van der Waals surface area (Å²) in [6.45, 7) is 3.07. The lowest BCUT2D eigenvalue weighted by atomic mass is 10.0. The number of nitrogens with one attached hydrogen (secondary N) is 1. The Balaban J connectivity index is 1.36. The lowest BCUT2D eigenvalue weighted by molar-refractivity contribution is -0.122. The van der Waals surface area contributed by atoms with Gasteiger partial charge in [0.1, 0.15) is 0 Å². The van der Waals surface area contributed by atoms with Crippen LogP contribution in [-0.4, -0.2) is 51.3 Å². The van der Waals surface area contributed by atoms with Gasteiger partial charge in [-0.05, 0) is 54.8 Å². The van der Waals surface area contributed by atoms with Gasteiger partial charge in [0.2, 0.25) is 5.91 Å². The van der Waals surface area contributed by atoms with E-state index < -0.39 is 0 Å². The Morgan fingerprint density at radius 2 is 1.84 bits per heavy atom. The fourth-order valence-electron chi connectivity index (χ4n) is 4.21. The molecule has 0 aliphatic carbocycles. The highest BCUT2D eigenvalue weighted by molar-refractivity contribution is 5.78. The number of methoxy groups -OCH3 is 2. The quantitative estimate of drug-likeness (QED) is 0.733. The molecule has 2 aliphatic heterocycles. The highest BCUT2D eigenvalue weighted by atomic mass is 16.5. The molecule has 2 aromatic rings. The molecule has 2 heterocycles. The number of benzene rings is 2. The van der Waals surface area contributed by atoms with Crippen molar-refractivity contribution in [1.82, 2.24) is 10.2 Å². The van der Waals surface area contributed by atoms with Gasteiger partial charge in [0.15, 0.2) is 23.0 Å². The molecule has 1 saturated heterocycles. The molecule has 1 N–H and O–H groups in total. The molecule has 1 fully saturated rings. The molecule has 7 nitrogen and oxygen atoms in total. The number of nitrogens with zero attached hydrogens (tertiary/aromatic N) is 1. The first-order chi connectivity index (χ1) is 15.2. The maximum atomic E-state index is 12.7. The normalized spacial score (nSPS) is 18.3. The SMILES string of the molecule is COc1ccc(CNC(=O)CN2CCC[C@H]2c2ccc3c(c2)OCCCO3)cc1OC. The summed E-state index contributed by atoms with van der Waals surface area (Å²) < 4.78 is 22.2. The van der Waals surface area contributed by atoms with Crippen LogP contribution in [0.25, 0.3) is 0 Å². The molecular formula is C24H30N2O5. The zero-order valence-corrected chi connectivity index (χ0v) is 18.2. The number of ether oxygens (including phenoxy) is 4. The van der Waals surface area contributed by atoms with Gasteiger partial charge in [0.25, 0.3) is 0 Å². The average molecular weight is 427 g/mol. The standard InChI is InChI=1S/C24H30N2O5/c1-28-20-8-6-17(13-22(20)29-2)15-25-24(27)16-26-10-3-5-19(26)18-7-9-21-23(14-18)31-12-4-11-30-21/h6-9,13-14,19H,3-5,10-12,15-16H2,1-2H3,(H,25,27)/t19-/m0/s1. The van der Waals surface area contributed by atoms with Crippen molar-refractivity contribution >= 4 is 5.91 Å². The Kier molecular flexibility index (Phi) is 6.82. The lowest BCUT2D eigenvalue weighted by Crippen LogP contribution is -2.36. The zero-order chi connectivity index (χ0) is 21.6. The first-order valence-corrected chi connectivity index (χ1v) is 10.8. The van der Waals surface area contributed by atoms with Crippen molar-refractivity contribution in [2.75, 3.05) is 40.5 Å². The number of carbonyl (C=O) groups is 1. The minimum atomic E-state index is 0.0102. The highest BCUT2D eigenvalue weighted by Gasteiger charge is 2.28. The largest absolute Gasteiger partial charge is 0.493 e. The molecular weight excluding hydrogens is 396 g/mol. The molecule has 166 valence electrons. The number of hydrogen-bond donors (Lipinski definition) is 1. The van der Waals surface area contributed by atoms with Gasteiger partial charge < -0.3 is 24.3 Å². The second-order valence-electron chi connectivity index (χ2n) is 7.85. The first-order valence-electron chi connectivity index (χ1n) is 10.8. The van der Waals surface area contributed by atoms with Gasteiger partial charge in [-0.3, -0.25) is 9.69 Å². The van der Waals surface area contributed by atoms with Crippen LogP contribution >= 0.6 is 0 Å². The number of rotatable bonds is 7. The maximum Gasteiger partial charge on any atom is 0.234 e. The summed E-state index contributed by atoms with van der Waals surface area (Å²) in [4.78, 5) is 14.9. The summed E-state index contributed by atoms with van der Waals surface area (Å²) in [6, 6.07) is 12.0. The van der Waals surface area contributed by atoms with E-state index in [1.54, 1.807) is 14.2 Å². The van der Waals surface area contributed by atoms with E-state index in [0.717, 1.165) is 42.9 Å². The van der Waals surface area contributed by atoms with Crippen LogP contribution in [0.5, 0.6) is 23.0 Å². The van der Waals surface area contributed by atoms with E-state index in [4.69, 9.17) is 18.9 Å². The van der Waals surface area contributed by atoms with Crippen molar-refractivity contribution in [3.63, 3.8) is 0 Å². The third-order valence-corrected chi connectivity index (χ3v) is 5.80. The van der Waals surface area contributed by atoms with E-state index >= 15 is 0 Å². The van der Waals surface area contributed by atoms with E-state index in [-0.39, 0.29) is 11.9 Å². The summed E-state index contributed by atoms with van der Waals surface area (Å²) in [5.41, 5.74) is 2.14. The average Bonchev–Trinajstić information content (AvgIpc) is 3.12. The number of likely N-dealkylation sites (tertiary alicyclic amines) is 1. The summed E-state index contributed by atoms with van der Waals surface area (Å²) in [7, 11) is 3.21. The predicted octanol–water partition coefficient (Wildman–Crippen LogP) is 3.32.